The molecular formula is C13H17NO4. The van der Waals surface area contributed by atoms with Crippen LogP contribution in [0.5, 0.6) is 5.75 Å². The number of hydrogen-bond acceptors (Lipinski definition) is 4. The Labute approximate surface area is 106 Å². The van der Waals surface area contributed by atoms with Crippen LogP contribution in [0.1, 0.15) is 18.0 Å². The highest BCUT2D eigenvalue weighted by Crippen LogP contribution is 2.31. The van der Waals surface area contributed by atoms with Crippen LogP contribution in [0.15, 0.2) is 24.3 Å². The Hall–Kier alpha value is -1.59. The van der Waals surface area contributed by atoms with E-state index >= 15 is 0 Å². The van der Waals surface area contributed by atoms with Crippen molar-refractivity contribution >= 4 is 5.97 Å². The van der Waals surface area contributed by atoms with Gasteiger partial charge in [0.2, 0.25) is 0 Å². The van der Waals surface area contributed by atoms with E-state index in [1.165, 1.54) is 7.11 Å². The lowest BCUT2D eigenvalue weighted by atomic mass is 10.00. The van der Waals surface area contributed by atoms with Crippen molar-refractivity contribution in [2.45, 2.75) is 18.5 Å². The average molecular weight is 251 g/mol. The molecule has 0 saturated carbocycles. The van der Waals surface area contributed by atoms with Gasteiger partial charge in [0.25, 0.3) is 0 Å². The molecule has 2 N–H and O–H groups in total. The molecule has 0 fully saturated rings. The van der Waals surface area contributed by atoms with Gasteiger partial charge in [-0.1, -0.05) is 18.2 Å². The third kappa shape index (κ3) is 2.80. The Morgan fingerprint density at radius 1 is 1.61 bits per heavy atom. The summed E-state index contributed by atoms with van der Waals surface area (Å²) in [5.41, 5.74) is 1.01. The summed E-state index contributed by atoms with van der Waals surface area (Å²) in [5, 5.41) is 12.2. The van der Waals surface area contributed by atoms with Crippen LogP contribution in [0.4, 0.5) is 0 Å². The average Bonchev–Trinajstić information content (AvgIpc) is 2.38. The molecule has 18 heavy (non-hydrogen) atoms. The number of nitrogens with one attached hydrogen (secondary N) is 1. The highest BCUT2D eigenvalue weighted by molar-refractivity contribution is 5.73. The Morgan fingerprint density at radius 2 is 2.39 bits per heavy atom. The van der Waals surface area contributed by atoms with Gasteiger partial charge in [-0.2, -0.15) is 0 Å². The molecule has 0 radical (unpaired) electrons. The molecule has 98 valence electrons. The predicted molar refractivity (Wildman–Crippen MR) is 65.7 cm³/mol. The fourth-order valence-electron chi connectivity index (χ4n) is 2.12. The van der Waals surface area contributed by atoms with E-state index in [9.17, 15) is 4.79 Å². The molecule has 0 spiro atoms. The Kier molecular flexibility index (Phi) is 4.17. The highest BCUT2D eigenvalue weighted by atomic mass is 16.5. The summed E-state index contributed by atoms with van der Waals surface area (Å²) in [6.07, 6.45) is 0.754. The number of carbonyl (C=O) groups is 1. The van der Waals surface area contributed by atoms with Gasteiger partial charge < -0.3 is 14.6 Å². The van der Waals surface area contributed by atoms with Crippen LogP contribution in [0.25, 0.3) is 0 Å². The quantitative estimate of drug-likeness (QED) is 0.823. The summed E-state index contributed by atoms with van der Waals surface area (Å²) in [6.45, 7) is 0.739. The highest BCUT2D eigenvalue weighted by Gasteiger charge is 2.26. The zero-order chi connectivity index (χ0) is 13.0. The van der Waals surface area contributed by atoms with E-state index in [1.807, 2.05) is 24.3 Å². The lowest BCUT2D eigenvalue weighted by Crippen LogP contribution is -2.43. The number of fused-ring (bicyclic) bond motifs is 1. The van der Waals surface area contributed by atoms with E-state index in [-0.39, 0.29) is 12.6 Å². The van der Waals surface area contributed by atoms with Crippen molar-refractivity contribution < 1.29 is 19.4 Å². The Balaban J connectivity index is 2.12. The third-order valence-electron chi connectivity index (χ3n) is 2.99. The van der Waals surface area contributed by atoms with Crippen molar-refractivity contribution in [3.8, 4) is 5.75 Å². The number of benzene rings is 1. The molecule has 2 unspecified atom stereocenters. The first-order valence-electron chi connectivity index (χ1n) is 5.92. The number of carboxylic acid groups (broad SMARTS) is 1. The van der Waals surface area contributed by atoms with Crippen LogP contribution in [-0.2, 0) is 9.53 Å². The molecule has 1 aliphatic heterocycles. The topological polar surface area (TPSA) is 67.8 Å². The van der Waals surface area contributed by atoms with Crippen LogP contribution < -0.4 is 10.1 Å². The van der Waals surface area contributed by atoms with E-state index in [1.54, 1.807) is 0 Å². The Morgan fingerprint density at radius 3 is 3.11 bits per heavy atom. The molecule has 0 saturated heterocycles. The van der Waals surface area contributed by atoms with Crippen LogP contribution in [-0.4, -0.2) is 37.4 Å². The molecule has 0 aromatic heterocycles. The SMILES string of the molecule is COCC(NC1CCOc2ccccc21)C(=O)O. The van der Waals surface area contributed by atoms with Crippen LogP contribution in [0, 0.1) is 0 Å². The predicted octanol–water partition coefficient (Wildman–Crippen LogP) is 1.20. The van der Waals surface area contributed by atoms with Gasteiger partial charge in [-0.3, -0.25) is 10.1 Å². The van der Waals surface area contributed by atoms with Gasteiger partial charge in [-0.05, 0) is 6.07 Å². The summed E-state index contributed by atoms with van der Waals surface area (Å²) < 4.78 is 10.5. The molecule has 5 heteroatoms. The van der Waals surface area contributed by atoms with E-state index < -0.39 is 12.0 Å². The van der Waals surface area contributed by atoms with Crippen molar-refractivity contribution in [1.82, 2.24) is 5.32 Å². The van der Waals surface area contributed by atoms with Gasteiger partial charge in [0.05, 0.1) is 13.2 Å². The first kappa shape index (κ1) is 12.9. The molecule has 1 heterocycles. The molecule has 2 rings (SSSR count). The number of para-hydroxylation sites is 1. The van der Waals surface area contributed by atoms with Gasteiger partial charge in [0.15, 0.2) is 0 Å². The molecule has 5 nitrogen and oxygen atoms in total. The minimum absolute atomic E-state index is 0.00815. The molecule has 1 aromatic rings. The maximum absolute atomic E-state index is 11.1. The number of rotatable bonds is 5. The Bertz CT molecular complexity index is 421. The minimum Gasteiger partial charge on any atom is -0.493 e. The summed E-state index contributed by atoms with van der Waals surface area (Å²) in [4.78, 5) is 11.1. The summed E-state index contributed by atoms with van der Waals surface area (Å²) in [6, 6.07) is 6.98. The van der Waals surface area contributed by atoms with E-state index in [4.69, 9.17) is 14.6 Å². The first-order valence-corrected chi connectivity index (χ1v) is 5.92. The monoisotopic (exact) mass is 251 g/mol. The fourth-order valence-corrected chi connectivity index (χ4v) is 2.12. The minimum atomic E-state index is -0.902. The lowest BCUT2D eigenvalue weighted by molar-refractivity contribution is -0.141. The van der Waals surface area contributed by atoms with Gasteiger partial charge in [-0.25, -0.2) is 0 Å². The normalized spacial score (nSPS) is 19.7. The molecular weight excluding hydrogens is 234 g/mol. The van der Waals surface area contributed by atoms with Crippen LogP contribution in [0.2, 0.25) is 0 Å². The largest absolute Gasteiger partial charge is 0.493 e. The second-order valence-electron chi connectivity index (χ2n) is 4.24. The molecule has 1 aromatic carbocycles. The van der Waals surface area contributed by atoms with Crippen molar-refractivity contribution in [3.63, 3.8) is 0 Å². The molecule has 1 aliphatic rings. The summed E-state index contributed by atoms with van der Waals surface area (Å²) >= 11 is 0. The molecule has 0 aliphatic carbocycles. The second-order valence-corrected chi connectivity index (χ2v) is 4.24. The maximum Gasteiger partial charge on any atom is 0.323 e. The second kappa shape index (κ2) is 5.84. The van der Waals surface area contributed by atoms with Gasteiger partial charge in [0.1, 0.15) is 11.8 Å². The molecule has 0 amide bonds. The van der Waals surface area contributed by atoms with Gasteiger partial charge in [0, 0.05) is 25.1 Å². The van der Waals surface area contributed by atoms with E-state index in [2.05, 4.69) is 5.32 Å². The summed E-state index contributed by atoms with van der Waals surface area (Å²) in [5.74, 6) is -0.0800. The van der Waals surface area contributed by atoms with Crippen LogP contribution in [0.3, 0.4) is 0 Å². The van der Waals surface area contributed by atoms with Crippen molar-refractivity contribution in [3.05, 3.63) is 29.8 Å². The zero-order valence-electron chi connectivity index (χ0n) is 10.3. The van der Waals surface area contributed by atoms with E-state index in [0.29, 0.717) is 6.61 Å². The number of carboxylic acids is 1. The molecule has 2 atom stereocenters. The third-order valence-corrected chi connectivity index (χ3v) is 2.99. The number of ether oxygens (including phenoxy) is 2. The van der Waals surface area contributed by atoms with Crippen molar-refractivity contribution in [1.29, 1.82) is 0 Å². The first-order chi connectivity index (χ1) is 8.72. The standard InChI is InChI=1S/C13H17NO4/c1-17-8-11(13(15)16)14-10-6-7-18-12-5-3-2-4-9(10)12/h2-5,10-11,14H,6-8H2,1H3,(H,15,16). The van der Waals surface area contributed by atoms with E-state index in [0.717, 1.165) is 17.7 Å². The zero-order valence-corrected chi connectivity index (χ0v) is 10.3. The van der Waals surface area contributed by atoms with Crippen molar-refractivity contribution in [2.24, 2.45) is 0 Å². The lowest BCUT2D eigenvalue weighted by Gasteiger charge is -2.29. The maximum atomic E-state index is 11.1. The number of methoxy groups -OCH3 is 1. The van der Waals surface area contributed by atoms with Crippen molar-refractivity contribution in [2.75, 3.05) is 20.3 Å². The number of hydrogen-bond donors (Lipinski definition) is 2. The van der Waals surface area contributed by atoms with Gasteiger partial charge >= 0.3 is 5.97 Å². The van der Waals surface area contributed by atoms with Crippen LogP contribution >= 0.6 is 0 Å². The molecule has 0 bridgehead atoms. The smallest absolute Gasteiger partial charge is 0.323 e. The summed E-state index contributed by atoms with van der Waals surface area (Å²) in [7, 11) is 1.50. The van der Waals surface area contributed by atoms with Gasteiger partial charge in [-0.15, -0.1) is 0 Å². The number of aliphatic carboxylic acids is 1. The fraction of sp³-hybridized carbons (Fsp3) is 0.462.